The van der Waals surface area contributed by atoms with Crippen molar-refractivity contribution in [2.45, 2.75) is 39.2 Å². The SMILES string of the molecule is CCC(C(=O)O)N1CCC(C)(COC)CC1. The van der Waals surface area contributed by atoms with Crippen LogP contribution in [-0.2, 0) is 9.53 Å². The second-order valence-electron chi connectivity index (χ2n) is 5.04. The van der Waals surface area contributed by atoms with Gasteiger partial charge in [0, 0.05) is 7.11 Å². The normalized spacial score (nSPS) is 22.9. The Morgan fingerprint density at radius 2 is 2.06 bits per heavy atom. The van der Waals surface area contributed by atoms with Gasteiger partial charge in [0.15, 0.2) is 0 Å². The molecule has 1 N–H and O–H groups in total. The smallest absolute Gasteiger partial charge is 0.320 e. The minimum absolute atomic E-state index is 0.224. The lowest BCUT2D eigenvalue weighted by atomic mass is 9.80. The van der Waals surface area contributed by atoms with Gasteiger partial charge in [-0.2, -0.15) is 0 Å². The molecule has 1 atom stereocenters. The van der Waals surface area contributed by atoms with Gasteiger partial charge in [0.25, 0.3) is 0 Å². The van der Waals surface area contributed by atoms with Crippen LogP contribution in [0, 0.1) is 5.41 Å². The van der Waals surface area contributed by atoms with Crippen LogP contribution in [0.15, 0.2) is 0 Å². The number of methoxy groups -OCH3 is 1. The third-order valence-corrected chi connectivity index (χ3v) is 3.61. The summed E-state index contributed by atoms with van der Waals surface area (Å²) in [7, 11) is 1.73. The van der Waals surface area contributed by atoms with Gasteiger partial charge in [-0.15, -0.1) is 0 Å². The van der Waals surface area contributed by atoms with E-state index in [1.54, 1.807) is 7.11 Å². The van der Waals surface area contributed by atoms with Crippen molar-refractivity contribution in [3.8, 4) is 0 Å². The van der Waals surface area contributed by atoms with Crippen molar-refractivity contribution >= 4 is 5.97 Å². The average molecular weight is 229 g/mol. The van der Waals surface area contributed by atoms with E-state index in [0.717, 1.165) is 32.5 Å². The van der Waals surface area contributed by atoms with Crippen LogP contribution in [0.5, 0.6) is 0 Å². The molecule has 1 saturated heterocycles. The van der Waals surface area contributed by atoms with Crippen molar-refractivity contribution in [3.05, 3.63) is 0 Å². The summed E-state index contributed by atoms with van der Waals surface area (Å²) in [6, 6.07) is -0.313. The van der Waals surface area contributed by atoms with Gasteiger partial charge in [0.1, 0.15) is 6.04 Å². The molecule has 0 bridgehead atoms. The van der Waals surface area contributed by atoms with Crippen molar-refractivity contribution < 1.29 is 14.6 Å². The molecule has 1 aliphatic rings. The topological polar surface area (TPSA) is 49.8 Å². The molecule has 0 radical (unpaired) electrons. The molecule has 0 aromatic carbocycles. The first-order valence-electron chi connectivity index (χ1n) is 5.98. The highest BCUT2D eigenvalue weighted by atomic mass is 16.5. The number of rotatable bonds is 5. The Hall–Kier alpha value is -0.610. The summed E-state index contributed by atoms with van der Waals surface area (Å²) in [6.07, 6.45) is 2.71. The summed E-state index contributed by atoms with van der Waals surface area (Å²) in [6.45, 7) is 6.65. The zero-order valence-electron chi connectivity index (χ0n) is 10.5. The second kappa shape index (κ2) is 5.64. The minimum Gasteiger partial charge on any atom is -0.480 e. The van der Waals surface area contributed by atoms with Crippen LogP contribution >= 0.6 is 0 Å². The lowest BCUT2D eigenvalue weighted by molar-refractivity contribution is -0.144. The lowest BCUT2D eigenvalue weighted by Crippen LogP contribution is -2.48. The Balaban J connectivity index is 2.50. The summed E-state index contributed by atoms with van der Waals surface area (Å²) in [4.78, 5) is 13.1. The van der Waals surface area contributed by atoms with Crippen LogP contribution in [0.4, 0.5) is 0 Å². The van der Waals surface area contributed by atoms with Crippen molar-refractivity contribution in [2.75, 3.05) is 26.8 Å². The summed E-state index contributed by atoms with van der Waals surface area (Å²) in [5.41, 5.74) is 0.224. The van der Waals surface area contributed by atoms with E-state index in [4.69, 9.17) is 9.84 Å². The summed E-state index contributed by atoms with van der Waals surface area (Å²) in [5, 5.41) is 9.09. The highest BCUT2D eigenvalue weighted by Gasteiger charge is 2.34. The molecule has 0 aromatic heterocycles. The average Bonchev–Trinajstić information content (AvgIpc) is 2.22. The molecular weight excluding hydrogens is 206 g/mol. The standard InChI is InChI=1S/C12H23NO3/c1-4-10(11(14)15)13-7-5-12(2,6-8-13)9-16-3/h10H,4-9H2,1-3H3,(H,14,15). The fourth-order valence-electron chi connectivity index (χ4n) is 2.46. The number of likely N-dealkylation sites (tertiary alicyclic amines) is 1. The fourth-order valence-corrected chi connectivity index (χ4v) is 2.46. The van der Waals surface area contributed by atoms with Gasteiger partial charge >= 0.3 is 5.97 Å². The number of aliphatic carboxylic acids is 1. The van der Waals surface area contributed by atoms with Crippen molar-refractivity contribution in [1.29, 1.82) is 0 Å². The van der Waals surface area contributed by atoms with Gasteiger partial charge in [-0.1, -0.05) is 13.8 Å². The van der Waals surface area contributed by atoms with Gasteiger partial charge in [0.2, 0.25) is 0 Å². The molecule has 0 amide bonds. The molecule has 1 heterocycles. The summed E-state index contributed by atoms with van der Waals surface area (Å²) < 4.78 is 5.22. The Morgan fingerprint density at radius 3 is 2.44 bits per heavy atom. The summed E-state index contributed by atoms with van der Waals surface area (Å²) >= 11 is 0. The van der Waals surface area contributed by atoms with Crippen LogP contribution in [0.25, 0.3) is 0 Å². The first-order chi connectivity index (χ1) is 7.52. The molecule has 1 unspecified atom stereocenters. The molecular formula is C12H23NO3. The minimum atomic E-state index is -0.696. The molecule has 1 aliphatic heterocycles. The molecule has 0 aromatic rings. The number of ether oxygens (including phenoxy) is 1. The number of piperidine rings is 1. The Kier molecular flexibility index (Phi) is 4.74. The van der Waals surface area contributed by atoms with E-state index in [-0.39, 0.29) is 11.5 Å². The third-order valence-electron chi connectivity index (χ3n) is 3.61. The first kappa shape index (κ1) is 13.5. The zero-order valence-corrected chi connectivity index (χ0v) is 10.5. The maximum atomic E-state index is 11.1. The number of carboxylic acids is 1. The van der Waals surface area contributed by atoms with E-state index in [9.17, 15) is 4.79 Å². The van der Waals surface area contributed by atoms with Crippen molar-refractivity contribution in [3.63, 3.8) is 0 Å². The van der Waals surface area contributed by atoms with Gasteiger partial charge in [-0.25, -0.2) is 0 Å². The van der Waals surface area contributed by atoms with E-state index < -0.39 is 5.97 Å². The first-order valence-corrected chi connectivity index (χ1v) is 5.98. The quantitative estimate of drug-likeness (QED) is 0.778. The Bertz CT molecular complexity index is 234. The van der Waals surface area contributed by atoms with Crippen LogP contribution in [0.3, 0.4) is 0 Å². The van der Waals surface area contributed by atoms with Gasteiger partial charge in [0.05, 0.1) is 6.61 Å². The predicted octanol–water partition coefficient (Wildman–Crippen LogP) is 1.60. The number of carboxylic acid groups (broad SMARTS) is 1. The van der Waals surface area contributed by atoms with Gasteiger partial charge in [-0.3, -0.25) is 9.69 Å². The van der Waals surface area contributed by atoms with E-state index in [0.29, 0.717) is 6.42 Å². The van der Waals surface area contributed by atoms with Gasteiger partial charge in [-0.05, 0) is 37.8 Å². The zero-order chi connectivity index (χ0) is 12.2. The van der Waals surface area contributed by atoms with E-state index in [1.165, 1.54) is 0 Å². The molecule has 1 rings (SSSR count). The molecule has 0 aliphatic carbocycles. The number of hydrogen-bond donors (Lipinski definition) is 1. The number of hydrogen-bond acceptors (Lipinski definition) is 3. The number of carbonyl (C=O) groups is 1. The predicted molar refractivity (Wildman–Crippen MR) is 62.5 cm³/mol. The molecule has 0 spiro atoms. The van der Waals surface area contributed by atoms with Crippen LogP contribution in [-0.4, -0.2) is 48.8 Å². The molecule has 16 heavy (non-hydrogen) atoms. The van der Waals surface area contributed by atoms with Crippen molar-refractivity contribution in [2.24, 2.45) is 5.41 Å². The highest BCUT2D eigenvalue weighted by Crippen LogP contribution is 2.32. The largest absolute Gasteiger partial charge is 0.480 e. The molecule has 0 saturated carbocycles. The molecule has 4 nitrogen and oxygen atoms in total. The maximum Gasteiger partial charge on any atom is 0.320 e. The van der Waals surface area contributed by atoms with E-state index >= 15 is 0 Å². The second-order valence-corrected chi connectivity index (χ2v) is 5.04. The monoisotopic (exact) mass is 229 g/mol. The van der Waals surface area contributed by atoms with Crippen molar-refractivity contribution in [1.82, 2.24) is 4.90 Å². The van der Waals surface area contributed by atoms with E-state index in [1.807, 2.05) is 6.92 Å². The fraction of sp³-hybridized carbons (Fsp3) is 0.917. The van der Waals surface area contributed by atoms with Crippen LogP contribution in [0.1, 0.15) is 33.1 Å². The summed E-state index contributed by atoms with van der Waals surface area (Å²) in [5.74, 6) is -0.696. The molecule has 1 fully saturated rings. The number of nitrogens with zero attached hydrogens (tertiary/aromatic N) is 1. The lowest BCUT2D eigenvalue weighted by Gasteiger charge is -2.41. The Labute approximate surface area is 97.6 Å². The highest BCUT2D eigenvalue weighted by molar-refractivity contribution is 5.73. The Morgan fingerprint density at radius 1 is 1.50 bits per heavy atom. The molecule has 4 heteroatoms. The van der Waals surface area contributed by atoms with Crippen LogP contribution < -0.4 is 0 Å². The van der Waals surface area contributed by atoms with E-state index in [2.05, 4.69) is 11.8 Å². The van der Waals surface area contributed by atoms with Crippen LogP contribution in [0.2, 0.25) is 0 Å². The third kappa shape index (κ3) is 3.19. The van der Waals surface area contributed by atoms with Gasteiger partial charge < -0.3 is 9.84 Å². The molecule has 94 valence electrons. The maximum absolute atomic E-state index is 11.1.